The van der Waals surface area contributed by atoms with E-state index in [1.807, 2.05) is 6.92 Å². The molecule has 0 bridgehead atoms. The maximum Gasteiger partial charge on any atom is 0.311 e. The highest BCUT2D eigenvalue weighted by Crippen LogP contribution is 2.68. The number of rotatable bonds is 2. The molecule has 27 heavy (non-hydrogen) atoms. The average Bonchev–Trinajstić information content (AvgIpc) is 2.93. The highest BCUT2D eigenvalue weighted by molar-refractivity contribution is 5.73. The number of esters is 1. The molecule has 0 aliphatic heterocycles. The van der Waals surface area contributed by atoms with E-state index in [1.54, 1.807) is 0 Å². The molecule has 0 aromatic rings. The van der Waals surface area contributed by atoms with Crippen molar-refractivity contribution in [3.63, 3.8) is 0 Å². The first-order chi connectivity index (χ1) is 12.7. The number of carbonyl (C=O) groups is 1. The summed E-state index contributed by atoms with van der Waals surface area (Å²) in [5.41, 5.74) is 0.487. The molecule has 152 valence electrons. The maximum absolute atomic E-state index is 12.3. The summed E-state index contributed by atoms with van der Waals surface area (Å²) in [5.74, 6) is 0.894. The number of carbonyl (C=O) groups excluding carboxylic acids is 1. The lowest BCUT2D eigenvalue weighted by Crippen LogP contribution is -2.57. The van der Waals surface area contributed by atoms with Crippen molar-refractivity contribution in [2.75, 3.05) is 7.11 Å². The number of methoxy groups -OCH3 is 1. The molecular weight excluding hydrogens is 340 g/mol. The van der Waals surface area contributed by atoms with Crippen molar-refractivity contribution >= 4 is 5.97 Å². The summed E-state index contributed by atoms with van der Waals surface area (Å²) < 4.78 is 4.99. The minimum atomic E-state index is -0.969. The molecule has 0 unspecified atom stereocenters. The molecule has 0 radical (unpaired) electrons. The number of aliphatic hydroxyl groups excluding tert-OH is 1. The summed E-state index contributed by atoms with van der Waals surface area (Å²) in [6.07, 6.45) is 9.89. The zero-order valence-electron chi connectivity index (χ0n) is 17.3. The molecule has 0 heterocycles. The number of hydrogen-bond acceptors (Lipinski definition) is 4. The van der Waals surface area contributed by atoms with Crippen molar-refractivity contribution in [1.82, 2.24) is 0 Å². The molecule has 8 atom stereocenters. The van der Waals surface area contributed by atoms with Crippen LogP contribution in [0, 0.1) is 34.5 Å². The number of allylic oxidation sites excluding steroid dienone is 1. The van der Waals surface area contributed by atoms with Gasteiger partial charge >= 0.3 is 5.97 Å². The number of ether oxygens (including phenoxy) is 1. The van der Waals surface area contributed by atoms with Gasteiger partial charge in [0.25, 0.3) is 0 Å². The minimum absolute atomic E-state index is 0.174. The zero-order valence-corrected chi connectivity index (χ0v) is 17.3. The minimum Gasteiger partial charge on any atom is -0.469 e. The summed E-state index contributed by atoms with van der Waals surface area (Å²) >= 11 is 0. The van der Waals surface area contributed by atoms with Gasteiger partial charge in [-0.1, -0.05) is 25.5 Å². The second-order valence-electron chi connectivity index (χ2n) is 10.3. The van der Waals surface area contributed by atoms with Crippen LogP contribution in [0.5, 0.6) is 0 Å². The average molecular weight is 377 g/mol. The number of aliphatic hydroxyl groups is 2. The van der Waals surface area contributed by atoms with Crippen LogP contribution in [0.4, 0.5) is 0 Å². The fraction of sp³-hybridized carbons (Fsp3) is 0.870. The Hall–Kier alpha value is -0.870. The van der Waals surface area contributed by atoms with Crippen LogP contribution in [0.3, 0.4) is 0 Å². The Kier molecular flexibility index (Phi) is 4.55. The molecular formula is C23H36O4. The Labute approximate surface area is 163 Å². The molecule has 0 saturated heterocycles. The van der Waals surface area contributed by atoms with Crippen LogP contribution in [0.15, 0.2) is 11.6 Å². The van der Waals surface area contributed by atoms with Crippen molar-refractivity contribution < 1.29 is 19.7 Å². The van der Waals surface area contributed by atoms with Gasteiger partial charge in [0, 0.05) is 5.41 Å². The van der Waals surface area contributed by atoms with E-state index < -0.39 is 11.5 Å². The van der Waals surface area contributed by atoms with Crippen molar-refractivity contribution in [2.24, 2.45) is 34.5 Å². The summed E-state index contributed by atoms with van der Waals surface area (Å²) in [7, 11) is 1.42. The van der Waals surface area contributed by atoms with Gasteiger partial charge in [-0.05, 0) is 81.5 Å². The molecule has 0 amide bonds. The monoisotopic (exact) mass is 376 g/mol. The first kappa shape index (κ1) is 19.4. The highest BCUT2D eigenvalue weighted by atomic mass is 16.5. The van der Waals surface area contributed by atoms with Gasteiger partial charge < -0.3 is 14.9 Å². The lowest BCUT2D eigenvalue weighted by atomic mass is 9.46. The van der Waals surface area contributed by atoms with Gasteiger partial charge in [-0.2, -0.15) is 0 Å². The lowest BCUT2D eigenvalue weighted by Gasteiger charge is -2.59. The first-order valence-corrected chi connectivity index (χ1v) is 10.8. The van der Waals surface area contributed by atoms with Crippen LogP contribution in [-0.2, 0) is 9.53 Å². The lowest BCUT2D eigenvalue weighted by molar-refractivity contribution is -0.177. The summed E-state index contributed by atoms with van der Waals surface area (Å²) in [6, 6.07) is 0. The first-order valence-electron chi connectivity index (χ1n) is 10.8. The Morgan fingerprint density at radius 1 is 1.19 bits per heavy atom. The van der Waals surface area contributed by atoms with Gasteiger partial charge in [0.1, 0.15) is 0 Å². The quantitative estimate of drug-likeness (QED) is 0.567. The Bertz CT molecular complexity index is 657. The third-order valence-electron chi connectivity index (χ3n) is 9.56. The van der Waals surface area contributed by atoms with Gasteiger partial charge in [0.05, 0.1) is 24.7 Å². The van der Waals surface area contributed by atoms with Crippen LogP contribution in [0.25, 0.3) is 0 Å². The normalized spacial score (nSPS) is 50.1. The Balaban J connectivity index is 1.65. The van der Waals surface area contributed by atoms with Crippen molar-refractivity contribution in [3.8, 4) is 0 Å². The van der Waals surface area contributed by atoms with E-state index in [4.69, 9.17) is 4.74 Å². The van der Waals surface area contributed by atoms with E-state index in [0.29, 0.717) is 24.2 Å². The molecule has 0 aromatic carbocycles. The maximum atomic E-state index is 12.3. The van der Waals surface area contributed by atoms with E-state index in [0.717, 1.165) is 44.9 Å². The predicted octanol–water partition coefficient (Wildman–Crippen LogP) is 3.85. The zero-order chi connectivity index (χ0) is 19.6. The second-order valence-corrected chi connectivity index (χ2v) is 10.3. The van der Waals surface area contributed by atoms with E-state index in [-0.39, 0.29) is 22.9 Å². The van der Waals surface area contributed by atoms with Gasteiger partial charge in [-0.15, -0.1) is 0 Å². The molecule has 4 rings (SSSR count). The van der Waals surface area contributed by atoms with Crippen LogP contribution in [0.2, 0.25) is 0 Å². The third kappa shape index (κ3) is 2.51. The smallest absolute Gasteiger partial charge is 0.311 e. The third-order valence-corrected chi connectivity index (χ3v) is 9.56. The van der Waals surface area contributed by atoms with Gasteiger partial charge in [0.2, 0.25) is 0 Å². The SMILES string of the molecule is COC(=O)[C@@H](C)[C@]1(O)CC[C@H]2[C@@H]3CC=C4C[C@H](O)CC[C@]4(C)[C@H]3CC[C@@]21C. The van der Waals surface area contributed by atoms with Crippen molar-refractivity contribution in [2.45, 2.75) is 83.8 Å². The fourth-order valence-corrected chi connectivity index (χ4v) is 7.78. The van der Waals surface area contributed by atoms with Gasteiger partial charge in [-0.25, -0.2) is 0 Å². The molecule has 0 aromatic heterocycles. The molecule has 2 N–H and O–H groups in total. The molecule has 3 saturated carbocycles. The molecule has 0 spiro atoms. The molecule has 4 heteroatoms. The predicted molar refractivity (Wildman–Crippen MR) is 104 cm³/mol. The van der Waals surface area contributed by atoms with Gasteiger partial charge in [0.15, 0.2) is 0 Å². The summed E-state index contributed by atoms with van der Waals surface area (Å²) in [6.45, 7) is 6.49. The second kappa shape index (κ2) is 6.32. The van der Waals surface area contributed by atoms with Crippen LogP contribution >= 0.6 is 0 Å². The van der Waals surface area contributed by atoms with Crippen LogP contribution in [0.1, 0.15) is 72.1 Å². The molecule has 3 fully saturated rings. The molecule has 4 aliphatic rings. The van der Waals surface area contributed by atoms with Crippen molar-refractivity contribution in [1.29, 1.82) is 0 Å². The van der Waals surface area contributed by atoms with E-state index >= 15 is 0 Å². The molecule has 4 nitrogen and oxygen atoms in total. The van der Waals surface area contributed by atoms with Crippen LogP contribution < -0.4 is 0 Å². The highest BCUT2D eigenvalue weighted by Gasteiger charge is 2.66. The largest absolute Gasteiger partial charge is 0.469 e. The van der Waals surface area contributed by atoms with E-state index in [2.05, 4.69) is 19.9 Å². The van der Waals surface area contributed by atoms with E-state index in [9.17, 15) is 15.0 Å². The fourth-order valence-electron chi connectivity index (χ4n) is 7.78. The summed E-state index contributed by atoms with van der Waals surface area (Å²) in [5, 5.41) is 21.8. The van der Waals surface area contributed by atoms with Gasteiger partial charge in [-0.3, -0.25) is 4.79 Å². The van der Waals surface area contributed by atoms with E-state index in [1.165, 1.54) is 12.7 Å². The summed E-state index contributed by atoms with van der Waals surface area (Å²) in [4.78, 5) is 12.3. The Morgan fingerprint density at radius 3 is 2.59 bits per heavy atom. The number of fused-ring (bicyclic) bond motifs is 5. The molecule has 4 aliphatic carbocycles. The van der Waals surface area contributed by atoms with Crippen LogP contribution in [-0.4, -0.2) is 35.0 Å². The number of hydrogen-bond donors (Lipinski definition) is 2. The van der Waals surface area contributed by atoms with Crippen molar-refractivity contribution in [3.05, 3.63) is 11.6 Å². The standard InChI is InChI=1S/C23H36O4/c1-14(20(25)27-4)23(26)12-9-19-17-6-5-15-13-16(24)7-10-21(15,2)18(17)8-11-22(19,23)3/h5,14,16-19,24,26H,6-13H2,1-4H3/t14-,16-,17-,18+,19+,21+,22+,23-/m1/s1. The Morgan fingerprint density at radius 2 is 1.89 bits per heavy atom. The topological polar surface area (TPSA) is 66.8 Å².